The molecule has 0 aliphatic carbocycles. The van der Waals surface area contributed by atoms with Crippen LogP contribution >= 0.6 is 0 Å². The van der Waals surface area contributed by atoms with Crippen molar-refractivity contribution in [2.75, 3.05) is 33.2 Å². The monoisotopic (exact) mass is 305 g/mol. The zero-order valence-electron chi connectivity index (χ0n) is 13.6. The van der Waals surface area contributed by atoms with Crippen LogP contribution in [0.2, 0.25) is 0 Å². The van der Waals surface area contributed by atoms with Crippen molar-refractivity contribution < 1.29 is 4.79 Å². The minimum absolute atomic E-state index is 0.319. The molecule has 2 aliphatic heterocycles. The van der Waals surface area contributed by atoms with Crippen LogP contribution in [-0.4, -0.2) is 58.7 Å². The van der Waals surface area contributed by atoms with Crippen LogP contribution in [0.15, 0.2) is 6.07 Å². The number of aryl methyl sites for hydroxylation is 1. The molecule has 1 amide bonds. The van der Waals surface area contributed by atoms with Crippen molar-refractivity contribution in [2.45, 2.75) is 45.3 Å². The first kappa shape index (κ1) is 15.5. The highest BCUT2D eigenvalue weighted by molar-refractivity contribution is 5.76. The molecular weight excluding hydrogens is 278 g/mol. The van der Waals surface area contributed by atoms with E-state index >= 15 is 0 Å². The molecule has 2 aliphatic rings. The van der Waals surface area contributed by atoms with Gasteiger partial charge in [-0.1, -0.05) is 0 Å². The zero-order chi connectivity index (χ0) is 15.4. The highest BCUT2D eigenvalue weighted by Gasteiger charge is 2.18. The Hall–Kier alpha value is -1.40. The average Bonchev–Trinajstić information content (AvgIpc) is 2.75. The SMILES string of the molecule is CN(CCN1CCCCC1=O)Cc1cc2n(n1)CCCNC2. The molecule has 22 heavy (non-hydrogen) atoms. The molecule has 0 aromatic carbocycles. The topological polar surface area (TPSA) is 53.4 Å². The number of rotatable bonds is 5. The molecule has 122 valence electrons. The number of amides is 1. The van der Waals surface area contributed by atoms with Gasteiger partial charge in [-0.05, 0) is 38.9 Å². The Morgan fingerprint density at radius 1 is 1.32 bits per heavy atom. The second kappa shape index (κ2) is 7.24. The number of aromatic nitrogens is 2. The minimum Gasteiger partial charge on any atom is -0.341 e. The van der Waals surface area contributed by atoms with Gasteiger partial charge in [-0.3, -0.25) is 14.4 Å². The molecule has 0 saturated carbocycles. The molecule has 3 rings (SSSR count). The third kappa shape index (κ3) is 3.87. The Labute approximate surface area is 132 Å². The molecule has 6 heteroatoms. The van der Waals surface area contributed by atoms with Crippen molar-refractivity contribution in [3.8, 4) is 0 Å². The van der Waals surface area contributed by atoms with E-state index in [2.05, 4.69) is 28.0 Å². The summed E-state index contributed by atoms with van der Waals surface area (Å²) in [6.07, 6.45) is 4.07. The second-order valence-electron chi connectivity index (χ2n) is 6.46. The maximum absolute atomic E-state index is 11.8. The maximum Gasteiger partial charge on any atom is 0.222 e. The molecular formula is C16H27N5O. The number of fused-ring (bicyclic) bond motifs is 1. The first-order valence-electron chi connectivity index (χ1n) is 8.45. The van der Waals surface area contributed by atoms with Crippen LogP contribution in [0.3, 0.4) is 0 Å². The molecule has 1 aromatic heterocycles. The Morgan fingerprint density at radius 3 is 3.09 bits per heavy atom. The van der Waals surface area contributed by atoms with Crippen molar-refractivity contribution in [3.63, 3.8) is 0 Å². The number of hydrogen-bond acceptors (Lipinski definition) is 4. The summed E-state index contributed by atoms with van der Waals surface area (Å²) in [6.45, 7) is 6.52. The lowest BCUT2D eigenvalue weighted by molar-refractivity contribution is -0.133. The predicted molar refractivity (Wildman–Crippen MR) is 85.3 cm³/mol. The number of carbonyl (C=O) groups excluding carboxylic acids is 1. The smallest absolute Gasteiger partial charge is 0.222 e. The van der Waals surface area contributed by atoms with E-state index in [1.807, 2.05) is 4.90 Å². The number of likely N-dealkylation sites (tertiary alicyclic amines) is 1. The molecule has 1 aromatic rings. The normalized spacial score (nSPS) is 19.4. The van der Waals surface area contributed by atoms with E-state index in [4.69, 9.17) is 5.10 Å². The first-order valence-corrected chi connectivity index (χ1v) is 8.45. The van der Waals surface area contributed by atoms with Gasteiger partial charge in [0.15, 0.2) is 0 Å². The molecule has 0 bridgehead atoms. The van der Waals surface area contributed by atoms with Gasteiger partial charge in [-0.2, -0.15) is 5.10 Å². The van der Waals surface area contributed by atoms with Crippen LogP contribution in [0.4, 0.5) is 0 Å². The lowest BCUT2D eigenvalue weighted by atomic mass is 10.1. The number of hydrogen-bond donors (Lipinski definition) is 1. The Bertz CT molecular complexity index is 489. The van der Waals surface area contributed by atoms with Gasteiger partial charge in [0.1, 0.15) is 0 Å². The van der Waals surface area contributed by atoms with Crippen molar-refractivity contribution in [1.29, 1.82) is 0 Å². The van der Waals surface area contributed by atoms with Crippen molar-refractivity contribution in [2.24, 2.45) is 0 Å². The fraction of sp³-hybridized carbons (Fsp3) is 0.750. The van der Waals surface area contributed by atoms with Gasteiger partial charge < -0.3 is 10.2 Å². The van der Waals surface area contributed by atoms with E-state index in [0.717, 1.165) is 77.2 Å². The van der Waals surface area contributed by atoms with Crippen LogP contribution in [-0.2, 0) is 24.4 Å². The van der Waals surface area contributed by atoms with Crippen LogP contribution in [0.1, 0.15) is 37.1 Å². The third-order valence-corrected chi connectivity index (χ3v) is 4.55. The Kier molecular flexibility index (Phi) is 5.10. The van der Waals surface area contributed by atoms with Crippen LogP contribution < -0.4 is 5.32 Å². The summed E-state index contributed by atoms with van der Waals surface area (Å²) in [5.41, 5.74) is 2.42. The van der Waals surface area contributed by atoms with Crippen LogP contribution in [0.25, 0.3) is 0 Å². The summed E-state index contributed by atoms with van der Waals surface area (Å²) in [5.74, 6) is 0.319. The molecule has 1 fully saturated rings. The molecule has 0 atom stereocenters. The van der Waals surface area contributed by atoms with Crippen molar-refractivity contribution in [3.05, 3.63) is 17.5 Å². The maximum atomic E-state index is 11.8. The minimum atomic E-state index is 0.319. The summed E-state index contributed by atoms with van der Waals surface area (Å²) in [7, 11) is 2.11. The van der Waals surface area contributed by atoms with Crippen molar-refractivity contribution >= 4 is 5.91 Å². The Balaban J connectivity index is 1.49. The Morgan fingerprint density at radius 2 is 2.23 bits per heavy atom. The van der Waals surface area contributed by atoms with Crippen LogP contribution in [0.5, 0.6) is 0 Å². The average molecular weight is 305 g/mol. The summed E-state index contributed by atoms with van der Waals surface area (Å²) in [4.78, 5) is 16.1. The lowest BCUT2D eigenvalue weighted by Gasteiger charge is -2.28. The molecule has 0 radical (unpaired) electrons. The third-order valence-electron chi connectivity index (χ3n) is 4.55. The molecule has 6 nitrogen and oxygen atoms in total. The number of carbonyl (C=O) groups is 1. The molecule has 3 heterocycles. The fourth-order valence-corrected chi connectivity index (χ4v) is 3.24. The second-order valence-corrected chi connectivity index (χ2v) is 6.46. The summed E-state index contributed by atoms with van der Waals surface area (Å²) in [6, 6.07) is 2.21. The zero-order valence-corrected chi connectivity index (χ0v) is 13.6. The largest absolute Gasteiger partial charge is 0.341 e. The van der Waals surface area contributed by atoms with E-state index < -0.39 is 0 Å². The highest BCUT2D eigenvalue weighted by atomic mass is 16.2. The molecule has 0 unspecified atom stereocenters. The van der Waals surface area contributed by atoms with Gasteiger partial charge in [0.05, 0.1) is 11.4 Å². The van der Waals surface area contributed by atoms with E-state index in [-0.39, 0.29) is 0 Å². The van der Waals surface area contributed by atoms with Gasteiger partial charge in [0.25, 0.3) is 0 Å². The van der Waals surface area contributed by atoms with Gasteiger partial charge >= 0.3 is 0 Å². The molecule has 1 saturated heterocycles. The molecule has 1 N–H and O–H groups in total. The van der Waals surface area contributed by atoms with E-state index in [1.54, 1.807) is 0 Å². The lowest BCUT2D eigenvalue weighted by Crippen LogP contribution is -2.40. The summed E-state index contributed by atoms with van der Waals surface area (Å²) >= 11 is 0. The quantitative estimate of drug-likeness (QED) is 0.875. The van der Waals surface area contributed by atoms with Crippen LogP contribution in [0, 0.1) is 0 Å². The predicted octanol–water partition coefficient (Wildman–Crippen LogP) is 0.821. The number of piperidine rings is 1. The first-order chi connectivity index (χ1) is 10.7. The summed E-state index contributed by atoms with van der Waals surface area (Å²) in [5, 5.41) is 8.14. The van der Waals surface area contributed by atoms with Crippen molar-refractivity contribution in [1.82, 2.24) is 24.9 Å². The fourth-order valence-electron chi connectivity index (χ4n) is 3.24. The number of likely N-dealkylation sites (N-methyl/N-ethyl adjacent to an activating group) is 1. The van der Waals surface area contributed by atoms with Gasteiger partial charge in [-0.15, -0.1) is 0 Å². The standard InChI is InChI=1S/C16H27N5O/c1-19(9-10-20-7-3-2-5-16(20)22)13-14-11-15-12-17-6-4-8-21(15)18-14/h11,17H,2-10,12-13H2,1H3. The van der Waals surface area contributed by atoms with Gasteiger partial charge in [0, 0.05) is 45.7 Å². The summed E-state index contributed by atoms with van der Waals surface area (Å²) < 4.78 is 2.14. The number of nitrogens with one attached hydrogen (secondary N) is 1. The molecule has 0 spiro atoms. The van der Waals surface area contributed by atoms with Gasteiger partial charge in [0.2, 0.25) is 5.91 Å². The number of nitrogens with zero attached hydrogens (tertiary/aromatic N) is 4. The highest BCUT2D eigenvalue weighted by Crippen LogP contribution is 2.12. The van der Waals surface area contributed by atoms with E-state index in [0.29, 0.717) is 5.91 Å². The van der Waals surface area contributed by atoms with E-state index in [9.17, 15) is 4.79 Å². The van der Waals surface area contributed by atoms with E-state index in [1.165, 1.54) is 5.69 Å². The van der Waals surface area contributed by atoms with Gasteiger partial charge in [-0.25, -0.2) is 0 Å².